The zero-order chi connectivity index (χ0) is 40.2. The Morgan fingerprint density at radius 3 is 1.14 bits per heavy atom. The van der Waals surface area contributed by atoms with Gasteiger partial charge in [-0.15, -0.1) is 0 Å². The molecule has 6 rings (SSSR count). The van der Waals surface area contributed by atoms with E-state index in [1.807, 2.05) is 45.1 Å². The fourth-order valence-corrected chi connectivity index (χ4v) is 11.8. The lowest BCUT2D eigenvalue weighted by Crippen LogP contribution is -1.99. The second-order valence-corrected chi connectivity index (χ2v) is 18.2. The van der Waals surface area contributed by atoms with E-state index in [-0.39, 0.29) is 20.9 Å². The minimum atomic E-state index is -1.32. The van der Waals surface area contributed by atoms with Crippen molar-refractivity contribution in [3.63, 3.8) is 0 Å². The van der Waals surface area contributed by atoms with E-state index in [0.717, 1.165) is 33.7 Å². The van der Waals surface area contributed by atoms with E-state index in [0.29, 0.717) is 0 Å². The molecular formula is C40H30N2O8S6. The van der Waals surface area contributed by atoms with Crippen LogP contribution < -0.4 is 0 Å². The lowest BCUT2D eigenvalue weighted by molar-refractivity contribution is -0.388. The Morgan fingerprint density at radius 1 is 0.464 bits per heavy atom. The van der Waals surface area contributed by atoms with Gasteiger partial charge in [0.15, 0.2) is 0 Å². The molecule has 0 atom stereocenters. The van der Waals surface area contributed by atoms with Crippen LogP contribution in [0.15, 0.2) is 173 Å². The summed E-state index contributed by atoms with van der Waals surface area (Å²) >= 11 is 3.67. The van der Waals surface area contributed by atoms with Crippen molar-refractivity contribution in [1.29, 1.82) is 0 Å². The standard InChI is InChI=1S/C26H22S4.C14H8N2O8S2/c1-19-13-15-23(25(17-19)27-21-9-5-3-6-10-21)29-30-24-16-14-20(2)18-26(24)28-22-11-7-4-8-12-22;17-13(18)7-1-3-11(9(5-7)15(21)22)25-26-12-4-2-8(14(19)20)6-10(12)16(23)24/h3-18H,1-2H3;1-6H,(H,17,18)(H,19,20). The highest BCUT2D eigenvalue weighted by molar-refractivity contribution is 8.77. The SMILES string of the molecule is Cc1ccc(SSc2ccc(C)cc2Sc2ccccc2)c(Sc2ccccc2)c1.O=C(O)c1ccc(SSc2ccc(C(=O)O)cc2[N+](=O)[O-])c([N+](=O)[O-])c1. The van der Waals surface area contributed by atoms with Gasteiger partial charge in [-0.25, -0.2) is 9.59 Å². The molecule has 6 aromatic carbocycles. The smallest absolute Gasteiger partial charge is 0.335 e. The summed E-state index contributed by atoms with van der Waals surface area (Å²) in [5.74, 6) is -2.64. The predicted molar refractivity (Wildman–Crippen MR) is 227 cm³/mol. The first-order chi connectivity index (χ1) is 26.9. The molecule has 0 heterocycles. The van der Waals surface area contributed by atoms with Crippen molar-refractivity contribution >= 4 is 90.0 Å². The van der Waals surface area contributed by atoms with Crippen molar-refractivity contribution in [3.8, 4) is 0 Å². The molecule has 0 aliphatic rings. The van der Waals surface area contributed by atoms with Crippen LogP contribution in [-0.4, -0.2) is 32.0 Å². The van der Waals surface area contributed by atoms with Crippen molar-refractivity contribution in [2.45, 2.75) is 53.0 Å². The number of hydrogen-bond donors (Lipinski definition) is 2. The van der Waals surface area contributed by atoms with E-state index in [1.54, 1.807) is 0 Å². The quantitative estimate of drug-likeness (QED) is 0.0604. The molecule has 10 nitrogen and oxygen atoms in total. The Balaban J connectivity index is 0.000000217. The van der Waals surface area contributed by atoms with Crippen LogP contribution in [0.4, 0.5) is 11.4 Å². The molecule has 16 heteroatoms. The second kappa shape index (κ2) is 20.4. The van der Waals surface area contributed by atoms with Gasteiger partial charge in [-0.1, -0.05) is 93.6 Å². The maximum atomic E-state index is 11.1. The molecule has 0 aromatic heterocycles. The third-order valence-electron chi connectivity index (χ3n) is 7.39. The fraction of sp³-hybridized carbons (Fsp3) is 0.0500. The molecule has 0 unspecified atom stereocenters. The monoisotopic (exact) mass is 858 g/mol. The minimum absolute atomic E-state index is 0.0987. The summed E-state index contributed by atoms with van der Waals surface area (Å²) < 4.78 is 0. The van der Waals surface area contributed by atoms with E-state index >= 15 is 0 Å². The number of nitrogens with zero attached hydrogens (tertiary/aromatic N) is 2. The summed E-state index contributed by atoms with van der Waals surface area (Å²) in [5, 5.41) is 40.0. The summed E-state index contributed by atoms with van der Waals surface area (Å²) in [7, 11) is 5.33. The largest absolute Gasteiger partial charge is 0.478 e. The number of rotatable bonds is 14. The Hall–Kier alpha value is -4.84. The number of hydrogen-bond acceptors (Lipinski definition) is 12. The number of carbonyl (C=O) groups is 2. The fourth-order valence-electron chi connectivity index (χ4n) is 4.67. The van der Waals surface area contributed by atoms with E-state index in [4.69, 9.17) is 10.2 Å². The van der Waals surface area contributed by atoms with Gasteiger partial charge >= 0.3 is 11.9 Å². The van der Waals surface area contributed by atoms with E-state index < -0.39 is 33.2 Å². The molecule has 0 amide bonds. The maximum absolute atomic E-state index is 11.1. The summed E-state index contributed by atoms with van der Waals surface area (Å²) in [6, 6.07) is 41.3. The first-order valence-corrected chi connectivity index (χ1v) is 22.2. The molecule has 6 aromatic rings. The zero-order valence-electron chi connectivity index (χ0n) is 29.4. The molecule has 0 radical (unpaired) electrons. The van der Waals surface area contributed by atoms with Crippen LogP contribution in [0.1, 0.15) is 31.8 Å². The Kier molecular flexibility index (Phi) is 15.4. The molecule has 0 aliphatic heterocycles. The summed E-state index contributed by atoms with van der Waals surface area (Å²) in [5.41, 5.74) is 1.15. The van der Waals surface area contributed by atoms with Gasteiger partial charge in [0.05, 0.1) is 30.8 Å². The van der Waals surface area contributed by atoms with Crippen LogP contribution in [0.2, 0.25) is 0 Å². The van der Waals surface area contributed by atoms with Gasteiger partial charge < -0.3 is 10.2 Å². The Bertz CT molecular complexity index is 2220. The van der Waals surface area contributed by atoms with Gasteiger partial charge in [-0.05, 0) is 119 Å². The van der Waals surface area contributed by atoms with Crippen molar-refractivity contribution in [1.82, 2.24) is 0 Å². The average Bonchev–Trinajstić information content (AvgIpc) is 3.18. The zero-order valence-corrected chi connectivity index (χ0v) is 34.3. The number of benzene rings is 6. The number of aromatic carboxylic acids is 2. The van der Waals surface area contributed by atoms with Crippen LogP contribution in [0.3, 0.4) is 0 Å². The van der Waals surface area contributed by atoms with Crippen molar-refractivity contribution < 1.29 is 29.6 Å². The van der Waals surface area contributed by atoms with Crippen LogP contribution in [0.5, 0.6) is 0 Å². The highest BCUT2D eigenvalue weighted by atomic mass is 33.1. The topological polar surface area (TPSA) is 161 Å². The number of carboxylic acids is 2. The number of aryl methyl sites for hydroxylation is 2. The van der Waals surface area contributed by atoms with Crippen molar-refractivity contribution in [2.24, 2.45) is 0 Å². The van der Waals surface area contributed by atoms with E-state index in [2.05, 4.69) is 111 Å². The molecule has 56 heavy (non-hydrogen) atoms. The predicted octanol–water partition coefficient (Wildman–Crippen LogP) is 13.1. The van der Waals surface area contributed by atoms with Gasteiger partial charge in [0.25, 0.3) is 11.4 Å². The lowest BCUT2D eigenvalue weighted by Gasteiger charge is -2.12. The number of nitro benzene ring substituents is 2. The molecule has 0 aliphatic carbocycles. The lowest BCUT2D eigenvalue weighted by atomic mass is 10.2. The molecule has 0 spiro atoms. The van der Waals surface area contributed by atoms with E-state index in [9.17, 15) is 29.8 Å². The van der Waals surface area contributed by atoms with Crippen LogP contribution in [0.25, 0.3) is 0 Å². The van der Waals surface area contributed by atoms with Crippen molar-refractivity contribution in [3.05, 3.63) is 176 Å². The molecule has 0 fully saturated rings. The van der Waals surface area contributed by atoms with Crippen LogP contribution in [0, 0.1) is 34.1 Å². The molecular weight excluding hydrogens is 829 g/mol. The van der Waals surface area contributed by atoms with Gasteiger partial charge in [0, 0.05) is 41.5 Å². The first kappa shape index (κ1) is 42.3. The summed E-state index contributed by atoms with van der Waals surface area (Å²) in [6.45, 7) is 4.32. The second-order valence-electron chi connectivity index (χ2n) is 11.6. The van der Waals surface area contributed by atoms with Gasteiger partial charge in [0.2, 0.25) is 0 Å². The van der Waals surface area contributed by atoms with Crippen molar-refractivity contribution in [2.75, 3.05) is 0 Å². The number of carboxylic acid groups (broad SMARTS) is 2. The molecule has 2 N–H and O–H groups in total. The summed E-state index contributed by atoms with van der Waals surface area (Å²) in [4.78, 5) is 50.5. The maximum Gasteiger partial charge on any atom is 0.335 e. The Morgan fingerprint density at radius 2 is 0.804 bits per heavy atom. The van der Waals surface area contributed by atoms with E-state index in [1.165, 1.54) is 64.8 Å². The third-order valence-corrected chi connectivity index (χ3v) is 14.7. The minimum Gasteiger partial charge on any atom is -0.478 e. The molecule has 0 bridgehead atoms. The molecule has 284 valence electrons. The highest BCUT2D eigenvalue weighted by Gasteiger charge is 2.22. The van der Waals surface area contributed by atoms with Gasteiger partial charge in [-0.2, -0.15) is 0 Å². The molecule has 0 saturated heterocycles. The highest BCUT2D eigenvalue weighted by Crippen LogP contribution is 2.48. The normalized spacial score (nSPS) is 10.6. The van der Waals surface area contributed by atoms with Crippen LogP contribution in [-0.2, 0) is 0 Å². The summed E-state index contributed by atoms with van der Waals surface area (Å²) in [6.07, 6.45) is 0. The third kappa shape index (κ3) is 12.1. The average molecular weight is 859 g/mol. The number of nitro groups is 2. The molecule has 0 saturated carbocycles. The van der Waals surface area contributed by atoms with Gasteiger partial charge in [-0.3, -0.25) is 20.2 Å². The van der Waals surface area contributed by atoms with Gasteiger partial charge in [0.1, 0.15) is 0 Å². The van der Waals surface area contributed by atoms with Crippen LogP contribution >= 0.6 is 66.7 Å². The first-order valence-electron chi connectivity index (χ1n) is 16.3. The Labute approximate surface area is 346 Å².